The minimum absolute atomic E-state index is 0.0399. The summed E-state index contributed by atoms with van der Waals surface area (Å²) in [4.78, 5) is 37.5. The summed E-state index contributed by atoms with van der Waals surface area (Å²) in [6, 6.07) is 0. The molecule has 2 rings (SSSR count). The van der Waals surface area contributed by atoms with E-state index in [9.17, 15) is 14.4 Å². The first kappa shape index (κ1) is 22.1. The summed E-state index contributed by atoms with van der Waals surface area (Å²) in [6.45, 7) is 8.76. The third kappa shape index (κ3) is 4.99. The summed E-state index contributed by atoms with van der Waals surface area (Å²) < 4.78 is 12.6. The molecule has 10 heteroatoms. The maximum absolute atomic E-state index is 12.5. The van der Waals surface area contributed by atoms with E-state index >= 15 is 0 Å². The molecule has 2 aromatic heterocycles. The normalized spacial score (nSPS) is 10.8. The van der Waals surface area contributed by atoms with E-state index in [-0.39, 0.29) is 40.6 Å². The third-order valence-corrected chi connectivity index (χ3v) is 5.71. The van der Waals surface area contributed by atoms with Crippen LogP contribution in [0.2, 0.25) is 0 Å². The van der Waals surface area contributed by atoms with Crippen molar-refractivity contribution in [3.63, 3.8) is 0 Å². The zero-order chi connectivity index (χ0) is 21.0. The summed E-state index contributed by atoms with van der Waals surface area (Å²) in [5.74, 6) is -1.53. The van der Waals surface area contributed by atoms with Crippen LogP contribution in [0.15, 0.2) is 10.7 Å². The average Bonchev–Trinajstić information content (AvgIpc) is 3.08. The van der Waals surface area contributed by atoms with Gasteiger partial charge in [0.1, 0.15) is 16.4 Å². The molecule has 0 spiro atoms. The highest BCUT2D eigenvalue weighted by molar-refractivity contribution is 9.10. The van der Waals surface area contributed by atoms with E-state index in [0.717, 1.165) is 21.5 Å². The number of carbonyl (C=O) groups is 3. The highest BCUT2D eigenvalue weighted by Gasteiger charge is 2.28. The number of anilines is 1. The van der Waals surface area contributed by atoms with Crippen LogP contribution in [0.3, 0.4) is 0 Å². The van der Waals surface area contributed by atoms with Gasteiger partial charge in [-0.1, -0.05) is 0 Å². The summed E-state index contributed by atoms with van der Waals surface area (Å²) in [5.41, 5.74) is 1.38. The molecule has 1 amide bonds. The van der Waals surface area contributed by atoms with Crippen molar-refractivity contribution in [3.8, 4) is 0 Å². The molecule has 0 aliphatic heterocycles. The summed E-state index contributed by atoms with van der Waals surface area (Å²) in [7, 11) is 0. The fourth-order valence-electron chi connectivity index (χ4n) is 2.40. The van der Waals surface area contributed by atoms with E-state index in [4.69, 9.17) is 9.47 Å². The first-order chi connectivity index (χ1) is 13.1. The van der Waals surface area contributed by atoms with Gasteiger partial charge in [-0.05, 0) is 56.1 Å². The van der Waals surface area contributed by atoms with Gasteiger partial charge in [-0.3, -0.25) is 9.48 Å². The minimum atomic E-state index is -0.604. The maximum atomic E-state index is 12.5. The lowest BCUT2D eigenvalue weighted by Crippen LogP contribution is -2.21. The number of carbonyl (C=O) groups excluding carboxylic acids is 3. The van der Waals surface area contributed by atoms with Gasteiger partial charge in [-0.2, -0.15) is 5.10 Å². The number of ether oxygens (including phenoxy) is 2. The quantitative estimate of drug-likeness (QED) is 0.617. The van der Waals surface area contributed by atoms with Crippen LogP contribution in [0.5, 0.6) is 0 Å². The van der Waals surface area contributed by atoms with Crippen molar-refractivity contribution in [2.75, 3.05) is 11.9 Å². The molecule has 0 bridgehead atoms. The second-order valence-electron chi connectivity index (χ2n) is 6.22. The topological polar surface area (TPSA) is 99.5 Å². The number of hydrogen-bond donors (Lipinski definition) is 1. The molecule has 152 valence electrons. The van der Waals surface area contributed by atoms with E-state index in [1.165, 1.54) is 4.68 Å². The molecule has 0 aliphatic carbocycles. The Morgan fingerprint density at radius 1 is 1.29 bits per heavy atom. The first-order valence-corrected chi connectivity index (χ1v) is 10.3. The molecule has 0 saturated carbocycles. The van der Waals surface area contributed by atoms with Crippen LogP contribution in [-0.4, -0.2) is 40.3 Å². The zero-order valence-corrected chi connectivity index (χ0v) is 18.7. The number of nitrogens with one attached hydrogen (secondary N) is 1. The Morgan fingerprint density at radius 3 is 2.50 bits per heavy atom. The van der Waals surface area contributed by atoms with Gasteiger partial charge in [0, 0.05) is 0 Å². The number of aromatic nitrogens is 2. The standard InChI is InChI=1S/C18H22BrN3O5S/c1-6-26-18(25)15-10(4)14(17(24)27-9(2)3)16(28-15)21-13(23)8-22-11(5)12(19)7-20-22/h7,9H,6,8H2,1-5H3,(H,21,23). The molecule has 0 fully saturated rings. The van der Waals surface area contributed by atoms with E-state index in [0.29, 0.717) is 5.56 Å². The van der Waals surface area contributed by atoms with Crippen LogP contribution < -0.4 is 5.32 Å². The Hall–Kier alpha value is -2.20. The molecule has 28 heavy (non-hydrogen) atoms. The van der Waals surface area contributed by atoms with Crippen LogP contribution in [-0.2, 0) is 20.8 Å². The summed E-state index contributed by atoms with van der Waals surface area (Å²) in [6.07, 6.45) is 1.26. The van der Waals surface area contributed by atoms with E-state index < -0.39 is 11.9 Å². The fraction of sp³-hybridized carbons (Fsp3) is 0.444. The fourth-order valence-corrected chi connectivity index (χ4v) is 3.80. The lowest BCUT2D eigenvalue weighted by atomic mass is 10.1. The number of hydrogen-bond acceptors (Lipinski definition) is 7. The van der Waals surface area contributed by atoms with Gasteiger partial charge < -0.3 is 14.8 Å². The van der Waals surface area contributed by atoms with Gasteiger partial charge in [0.2, 0.25) is 5.91 Å². The van der Waals surface area contributed by atoms with Crippen LogP contribution in [0.25, 0.3) is 0 Å². The Morgan fingerprint density at radius 2 is 1.96 bits per heavy atom. The monoisotopic (exact) mass is 471 g/mol. The minimum Gasteiger partial charge on any atom is -0.462 e. The van der Waals surface area contributed by atoms with E-state index in [1.54, 1.807) is 33.9 Å². The van der Waals surface area contributed by atoms with E-state index in [1.807, 2.05) is 6.92 Å². The van der Waals surface area contributed by atoms with Crippen molar-refractivity contribution in [1.82, 2.24) is 9.78 Å². The predicted molar refractivity (Wildman–Crippen MR) is 109 cm³/mol. The summed E-state index contributed by atoms with van der Waals surface area (Å²) >= 11 is 4.34. The van der Waals surface area contributed by atoms with Crippen molar-refractivity contribution < 1.29 is 23.9 Å². The van der Waals surface area contributed by atoms with Crippen LogP contribution in [0, 0.1) is 13.8 Å². The van der Waals surface area contributed by atoms with Gasteiger partial charge in [-0.15, -0.1) is 11.3 Å². The van der Waals surface area contributed by atoms with Gasteiger partial charge >= 0.3 is 11.9 Å². The molecule has 2 aromatic rings. The lowest BCUT2D eigenvalue weighted by Gasteiger charge is -2.11. The highest BCUT2D eigenvalue weighted by Crippen LogP contribution is 2.34. The van der Waals surface area contributed by atoms with Gasteiger partial charge in [0.05, 0.1) is 34.6 Å². The Bertz CT molecular complexity index is 903. The number of thiophene rings is 1. The lowest BCUT2D eigenvalue weighted by molar-refractivity contribution is -0.116. The number of halogens is 1. The van der Waals surface area contributed by atoms with Crippen LogP contribution >= 0.6 is 27.3 Å². The van der Waals surface area contributed by atoms with Crippen LogP contribution in [0.1, 0.15) is 52.1 Å². The van der Waals surface area contributed by atoms with Crippen molar-refractivity contribution in [1.29, 1.82) is 0 Å². The molecule has 2 heterocycles. The maximum Gasteiger partial charge on any atom is 0.348 e. The van der Waals surface area contributed by atoms with Crippen molar-refractivity contribution >= 4 is 50.1 Å². The smallest absolute Gasteiger partial charge is 0.348 e. The van der Waals surface area contributed by atoms with Gasteiger partial charge in [0.15, 0.2) is 0 Å². The van der Waals surface area contributed by atoms with Gasteiger partial charge in [0.25, 0.3) is 0 Å². The number of rotatable bonds is 7. The number of nitrogens with zero attached hydrogens (tertiary/aromatic N) is 2. The molecule has 8 nitrogen and oxygen atoms in total. The average molecular weight is 472 g/mol. The molecular formula is C18H22BrN3O5S. The third-order valence-electron chi connectivity index (χ3n) is 3.74. The van der Waals surface area contributed by atoms with Crippen molar-refractivity contribution in [2.24, 2.45) is 0 Å². The molecule has 0 atom stereocenters. The molecular weight excluding hydrogens is 450 g/mol. The zero-order valence-electron chi connectivity index (χ0n) is 16.3. The van der Waals surface area contributed by atoms with Crippen molar-refractivity contribution in [3.05, 3.63) is 32.4 Å². The number of amides is 1. The molecule has 0 radical (unpaired) electrons. The molecule has 0 aromatic carbocycles. The Labute approximate surface area is 175 Å². The highest BCUT2D eigenvalue weighted by atomic mass is 79.9. The van der Waals surface area contributed by atoms with Crippen molar-refractivity contribution in [2.45, 2.75) is 47.3 Å². The second kappa shape index (κ2) is 9.33. The Balaban J connectivity index is 2.33. The second-order valence-corrected chi connectivity index (χ2v) is 8.09. The summed E-state index contributed by atoms with van der Waals surface area (Å²) in [5, 5.41) is 7.07. The number of esters is 2. The SMILES string of the molecule is CCOC(=O)c1sc(NC(=O)Cn2ncc(Br)c2C)c(C(=O)OC(C)C)c1C. The Kier molecular flexibility index (Phi) is 7.36. The molecule has 0 aliphatic rings. The molecule has 0 unspecified atom stereocenters. The molecule has 0 saturated heterocycles. The largest absolute Gasteiger partial charge is 0.462 e. The van der Waals surface area contributed by atoms with E-state index in [2.05, 4.69) is 26.3 Å². The predicted octanol–water partition coefficient (Wildman–Crippen LogP) is 3.70. The first-order valence-electron chi connectivity index (χ1n) is 8.64. The van der Waals surface area contributed by atoms with Gasteiger partial charge in [-0.25, -0.2) is 9.59 Å². The molecule has 1 N–H and O–H groups in total. The van der Waals surface area contributed by atoms with Crippen LogP contribution in [0.4, 0.5) is 5.00 Å².